The molecular formula is C25H17N3O4S2. The second kappa shape index (κ2) is 7.89. The van der Waals surface area contributed by atoms with Crippen LogP contribution in [0.2, 0.25) is 0 Å². The third-order valence-corrected chi connectivity index (χ3v) is 8.09. The van der Waals surface area contributed by atoms with Crippen LogP contribution in [0.5, 0.6) is 5.75 Å². The van der Waals surface area contributed by atoms with Crippen LogP contribution < -0.4 is 14.9 Å². The minimum atomic E-state index is -0.642. The van der Waals surface area contributed by atoms with Gasteiger partial charge >= 0.3 is 5.69 Å². The van der Waals surface area contributed by atoms with Crippen molar-refractivity contribution in [3.8, 4) is 5.75 Å². The van der Waals surface area contributed by atoms with Crippen LogP contribution >= 0.6 is 22.7 Å². The fourth-order valence-electron chi connectivity index (χ4n) is 4.65. The molecule has 6 rings (SSSR count). The zero-order chi connectivity index (χ0) is 23.4. The molecule has 1 N–H and O–H groups in total. The normalized spacial score (nSPS) is 17.1. The molecule has 4 aromatic rings. The zero-order valence-corrected chi connectivity index (χ0v) is 19.3. The van der Waals surface area contributed by atoms with E-state index in [0.717, 1.165) is 34.6 Å². The molecule has 0 saturated carbocycles. The highest BCUT2D eigenvalue weighted by Gasteiger charge is 2.33. The van der Waals surface area contributed by atoms with E-state index in [1.807, 2.05) is 29.6 Å². The van der Waals surface area contributed by atoms with Gasteiger partial charge in [-0.25, -0.2) is 4.99 Å². The first-order chi connectivity index (χ1) is 16.5. The van der Waals surface area contributed by atoms with Crippen LogP contribution in [0.25, 0.3) is 11.8 Å². The Morgan fingerprint density at radius 2 is 2.00 bits per heavy atom. The second-order valence-corrected chi connectivity index (χ2v) is 10.1. The number of nitro groups is 1. The van der Waals surface area contributed by atoms with E-state index in [-0.39, 0.29) is 11.6 Å². The summed E-state index contributed by atoms with van der Waals surface area (Å²) in [5.74, 6) is -0.410. The molecule has 2 aliphatic rings. The van der Waals surface area contributed by atoms with Gasteiger partial charge in [0.05, 0.1) is 21.2 Å². The topological polar surface area (TPSA) is 97.7 Å². The van der Waals surface area contributed by atoms with Crippen LogP contribution in [0.15, 0.2) is 75.3 Å². The van der Waals surface area contributed by atoms with E-state index in [9.17, 15) is 20.0 Å². The van der Waals surface area contributed by atoms with Crippen molar-refractivity contribution in [3.63, 3.8) is 0 Å². The first-order valence-electron chi connectivity index (χ1n) is 10.6. The van der Waals surface area contributed by atoms with Gasteiger partial charge in [0.25, 0.3) is 5.56 Å². The number of aromatic nitrogens is 1. The standard InChI is InChI=1S/C25H17N3O4S2/c29-19-10-7-14(12-18(19)28(31)32)13-21-24(30)27-23(20-6-3-11-33-20)17-9-8-15-4-1-2-5-16(15)22(17)26-25(27)34-21/h1-7,10-13,23,29H,8-9H2/b21-13-. The lowest BCUT2D eigenvalue weighted by Gasteiger charge is -2.30. The number of nitrogens with zero attached hydrogens (tertiary/aromatic N) is 3. The minimum absolute atomic E-state index is 0.178. The Morgan fingerprint density at radius 3 is 2.79 bits per heavy atom. The van der Waals surface area contributed by atoms with E-state index in [1.54, 1.807) is 28.0 Å². The number of fused-ring (bicyclic) bond motifs is 3. The summed E-state index contributed by atoms with van der Waals surface area (Å²) in [7, 11) is 0. The van der Waals surface area contributed by atoms with Gasteiger partial charge in [-0.2, -0.15) is 0 Å². The molecule has 168 valence electrons. The number of rotatable bonds is 3. The number of phenolic OH excluding ortho intramolecular Hbond substituents is 1. The lowest BCUT2D eigenvalue weighted by atomic mass is 9.85. The smallest absolute Gasteiger partial charge is 0.311 e. The number of hydrogen-bond acceptors (Lipinski definition) is 7. The molecule has 0 fully saturated rings. The molecule has 1 atom stereocenters. The largest absolute Gasteiger partial charge is 0.502 e. The van der Waals surface area contributed by atoms with Gasteiger partial charge in [-0.1, -0.05) is 47.7 Å². The Labute approximate surface area is 201 Å². The molecule has 3 heterocycles. The molecule has 2 aromatic heterocycles. The maximum absolute atomic E-state index is 13.6. The molecule has 9 heteroatoms. The molecule has 0 saturated heterocycles. The average molecular weight is 488 g/mol. The van der Waals surface area contributed by atoms with Crippen molar-refractivity contribution < 1.29 is 10.0 Å². The van der Waals surface area contributed by atoms with Gasteiger partial charge in [0.1, 0.15) is 0 Å². The number of thiazole rings is 1. The first kappa shape index (κ1) is 20.8. The molecule has 0 radical (unpaired) electrons. The number of hydrogen-bond donors (Lipinski definition) is 1. The van der Waals surface area contributed by atoms with Crippen molar-refractivity contribution in [2.24, 2.45) is 4.99 Å². The molecule has 0 bridgehead atoms. The fourth-order valence-corrected chi connectivity index (χ4v) is 6.49. The van der Waals surface area contributed by atoms with E-state index in [1.165, 1.54) is 29.0 Å². The summed E-state index contributed by atoms with van der Waals surface area (Å²) in [5, 5.41) is 23.0. The van der Waals surface area contributed by atoms with Crippen molar-refractivity contribution in [2.45, 2.75) is 18.9 Å². The van der Waals surface area contributed by atoms with Crippen LogP contribution in [0.3, 0.4) is 0 Å². The molecule has 7 nitrogen and oxygen atoms in total. The lowest BCUT2D eigenvalue weighted by molar-refractivity contribution is -0.385. The third kappa shape index (κ3) is 3.24. The quantitative estimate of drug-likeness (QED) is 0.349. The Balaban J connectivity index is 1.59. The van der Waals surface area contributed by atoms with Crippen LogP contribution in [0.1, 0.15) is 34.0 Å². The highest BCUT2D eigenvalue weighted by Crippen LogP contribution is 2.42. The monoisotopic (exact) mass is 487 g/mol. The van der Waals surface area contributed by atoms with Crippen LogP contribution in [-0.2, 0) is 6.42 Å². The molecule has 1 unspecified atom stereocenters. The van der Waals surface area contributed by atoms with Crippen LogP contribution in [0, 0.1) is 10.1 Å². The zero-order valence-electron chi connectivity index (χ0n) is 17.7. The van der Waals surface area contributed by atoms with Crippen LogP contribution in [-0.4, -0.2) is 14.6 Å². The van der Waals surface area contributed by atoms with Crippen molar-refractivity contribution in [2.75, 3.05) is 0 Å². The maximum atomic E-state index is 13.6. The van der Waals surface area contributed by atoms with Gasteiger partial charge in [0.2, 0.25) is 0 Å². The number of aromatic hydroxyl groups is 1. The summed E-state index contributed by atoms with van der Waals surface area (Å²) < 4.78 is 2.19. The molecule has 2 aromatic carbocycles. The predicted octanol–water partition coefficient (Wildman–Crippen LogP) is 3.99. The number of allylic oxidation sites excluding steroid dienone is 1. The average Bonchev–Trinajstić information content (AvgIpc) is 3.47. The minimum Gasteiger partial charge on any atom is -0.502 e. The predicted molar refractivity (Wildman–Crippen MR) is 132 cm³/mol. The summed E-state index contributed by atoms with van der Waals surface area (Å²) >= 11 is 2.89. The van der Waals surface area contributed by atoms with Crippen molar-refractivity contribution >= 4 is 40.1 Å². The molecule has 1 aliphatic heterocycles. The van der Waals surface area contributed by atoms with Crippen LogP contribution in [0.4, 0.5) is 5.69 Å². The fraction of sp³-hybridized carbons (Fsp3) is 0.120. The maximum Gasteiger partial charge on any atom is 0.311 e. The summed E-state index contributed by atoms with van der Waals surface area (Å²) in [5.41, 5.74) is 4.33. The van der Waals surface area contributed by atoms with Crippen molar-refractivity contribution in [1.82, 2.24) is 4.57 Å². The summed E-state index contributed by atoms with van der Waals surface area (Å²) in [6.45, 7) is 0. The van der Waals surface area contributed by atoms with E-state index < -0.39 is 16.4 Å². The number of nitro benzene ring substituents is 1. The van der Waals surface area contributed by atoms with Gasteiger partial charge in [-0.3, -0.25) is 19.5 Å². The molecule has 1 aliphatic carbocycles. The number of aryl methyl sites for hydroxylation is 1. The second-order valence-electron chi connectivity index (χ2n) is 8.13. The van der Waals surface area contributed by atoms with Gasteiger partial charge in [-0.05, 0) is 53.1 Å². The van der Waals surface area contributed by atoms with E-state index >= 15 is 0 Å². The molecule has 0 spiro atoms. The van der Waals surface area contributed by atoms with E-state index in [4.69, 9.17) is 4.99 Å². The first-order valence-corrected chi connectivity index (χ1v) is 12.3. The SMILES string of the molecule is O=c1/c(=C/c2ccc(O)c([N+](=O)[O-])c2)sc2n1C(c1cccs1)C1=C(N=2)c2ccccc2CC1. The Kier molecular flexibility index (Phi) is 4.82. The van der Waals surface area contributed by atoms with E-state index in [2.05, 4.69) is 12.1 Å². The summed E-state index contributed by atoms with van der Waals surface area (Å²) in [6.07, 6.45) is 3.35. The summed E-state index contributed by atoms with van der Waals surface area (Å²) in [6, 6.07) is 16.2. The highest BCUT2D eigenvalue weighted by molar-refractivity contribution is 7.10. The van der Waals surface area contributed by atoms with Gasteiger partial charge < -0.3 is 5.11 Å². The van der Waals surface area contributed by atoms with Gasteiger partial charge in [0.15, 0.2) is 10.6 Å². The lowest BCUT2D eigenvalue weighted by Crippen LogP contribution is -2.38. The third-order valence-electron chi connectivity index (χ3n) is 6.18. The van der Waals surface area contributed by atoms with Gasteiger partial charge in [0, 0.05) is 16.5 Å². The van der Waals surface area contributed by atoms with Crippen molar-refractivity contribution in [1.29, 1.82) is 0 Å². The van der Waals surface area contributed by atoms with Gasteiger partial charge in [-0.15, -0.1) is 11.3 Å². The Bertz CT molecular complexity index is 1680. The number of thiophene rings is 1. The molecule has 0 amide bonds. The Hall–Kier alpha value is -3.82. The van der Waals surface area contributed by atoms with E-state index in [0.29, 0.717) is 14.9 Å². The van der Waals surface area contributed by atoms with Crippen molar-refractivity contribution in [3.05, 3.63) is 117 Å². The number of phenols is 1. The summed E-state index contributed by atoms with van der Waals surface area (Å²) in [4.78, 5) is 30.8. The molecular weight excluding hydrogens is 470 g/mol. The highest BCUT2D eigenvalue weighted by atomic mass is 32.1. The Morgan fingerprint density at radius 1 is 1.15 bits per heavy atom. The number of benzene rings is 2. The molecule has 34 heavy (non-hydrogen) atoms.